The van der Waals surface area contributed by atoms with E-state index in [1.807, 2.05) is 6.07 Å². The number of alkyl halides is 3. The molecule has 0 aliphatic rings. The molecule has 0 saturated heterocycles. The second-order valence-electron chi connectivity index (χ2n) is 3.21. The quantitative estimate of drug-likeness (QED) is 0.801. The highest BCUT2D eigenvalue weighted by Crippen LogP contribution is 2.23. The van der Waals surface area contributed by atoms with Gasteiger partial charge in [-0.1, -0.05) is 0 Å². The number of halogens is 3. The lowest BCUT2D eigenvalue weighted by Gasteiger charge is -2.08. The van der Waals surface area contributed by atoms with E-state index in [2.05, 4.69) is 5.10 Å². The van der Waals surface area contributed by atoms with Gasteiger partial charge in [-0.25, -0.2) is 4.68 Å². The Morgan fingerprint density at radius 1 is 1.50 bits per heavy atom. The number of ether oxygens (including phenoxy) is 1. The van der Waals surface area contributed by atoms with Crippen LogP contribution in [-0.4, -0.2) is 22.6 Å². The molecule has 0 atom stereocenters. The van der Waals surface area contributed by atoms with Crippen molar-refractivity contribution in [1.82, 2.24) is 9.78 Å². The number of nitriles is 1. The minimum absolute atomic E-state index is 0.0734. The molecule has 7 heteroatoms. The van der Waals surface area contributed by atoms with E-state index in [4.69, 9.17) is 10.00 Å². The van der Waals surface area contributed by atoms with Gasteiger partial charge in [-0.3, -0.25) is 0 Å². The van der Waals surface area contributed by atoms with Crippen LogP contribution in [0.2, 0.25) is 0 Å². The molecule has 0 amide bonds. The van der Waals surface area contributed by atoms with Crippen LogP contribution in [-0.2, 0) is 7.05 Å². The molecular formula is C9H10F3N3O. The van der Waals surface area contributed by atoms with Crippen molar-refractivity contribution in [2.75, 3.05) is 6.61 Å². The van der Waals surface area contributed by atoms with Crippen LogP contribution in [0.5, 0.6) is 5.88 Å². The Morgan fingerprint density at radius 2 is 2.12 bits per heavy atom. The van der Waals surface area contributed by atoms with Gasteiger partial charge in [-0.15, -0.1) is 0 Å². The molecule has 0 N–H and O–H groups in total. The van der Waals surface area contributed by atoms with Gasteiger partial charge in [-0.05, 0) is 6.92 Å². The molecule has 0 saturated carbocycles. The van der Waals surface area contributed by atoms with Crippen molar-refractivity contribution in [3.63, 3.8) is 0 Å². The molecule has 1 aromatic heterocycles. The Bertz CT molecular complexity index is 417. The lowest BCUT2D eigenvalue weighted by atomic mass is 10.3. The van der Waals surface area contributed by atoms with Gasteiger partial charge in [0.25, 0.3) is 0 Å². The summed E-state index contributed by atoms with van der Waals surface area (Å²) in [5.41, 5.74) is 0.608. The average Bonchev–Trinajstić information content (AvgIpc) is 2.39. The monoisotopic (exact) mass is 233 g/mol. The van der Waals surface area contributed by atoms with Gasteiger partial charge in [0, 0.05) is 7.05 Å². The molecule has 4 nitrogen and oxygen atoms in total. The number of hydrogen-bond acceptors (Lipinski definition) is 3. The fourth-order valence-electron chi connectivity index (χ4n) is 1.19. The highest BCUT2D eigenvalue weighted by molar-refractivity contribution is 5.41. The predicted molar refractivity (Wildman–Crippen MR) is 48.8 cm³/mol. The maximum absolute atomic E-state index is 11.9. The molecule has 1 heterocycles. The Kier molecular flexibility index (Phi) is 3.42. The van der Waals surface area contributed by atoms with E-state index < -0.39 is 19.2 Å². The molecule has 0 bridgehead atoms. The van der Waals surface area contributed by atoms with Crippen molar-refractivity contribution in [3.8, 4) is 11.9 Å². The van der Waals surface area contributed by atoms with Crippen LogP contribution in [0.1, 0.15) is 17.7 Å². The number of aryl methyl sites for hydroxylation is 2. The summed E-state index contributed by atoms with van der Waals surface area (Å²) >= 11 is 0. The Hall–Kier alpha value is -1.71. The van der Waals surface area contributed by atoms with Crippen LogP contribution in [0.15, 0.2) is 0 Å². The zero-order valence-corrected chi connectivity index (χ0v) is 8.80. The summed E-state index contributed by atoms with van der Waals surface area (Å²) in [6, 6.07) is 1.84. The van der Waals surface area contributed by atoms with Gasteiger partial charge in [-0.2, -0.15) is 23.5 Å². The van der Waals surface area contributed by atoms with E-state index in [1.165, 1.54) is 11.7 Å². The SMILES string of the molecule is Cc1nn(C)c(OCCC(F)(F)F)c1C#N. The van der Waals surface area contributed by atoms with E-state index in [1.54, 1.807) is 6.92 Å². The van der Waals surface area contributed by atoms with Crippen molar-refractivity contribution in [2.45, 2.75) is 19.5 Å². The van der Waals surface area contributed by atoms with E-state index in [-0.39, 0.29) is 11.4 Å². The highest BCUT2D eigenvalue weighted by Gasteiger charge is 2.27. The second-order valence-corrected chi connectivity index (χ2v) is 3.21. The molecule has 0 unspecified atom stereocenters. The minimum Gasteiger partial charge on any atom is -0.477 e. The predicted octanol–water partition coefficient (Wildman–Crippen LogP) is 1.93. The lowest BCUT2D eigenvalue weighted by molar-refractivity contribution is -0.139. The van der Waals surface area contributed by atoms with Gasteiger partial charge >= 0.3 is 6.18 Å². The molecule has 0 fully saturated rings. The number of aromatic nitrogens is 2. The third-order valence-electron chi connectivity index (χ3n) is 1.91. The standard InChI is InChI=1S/C9H10F3N3O/c1-6-7(5-13)8(15(2)14-6)16-4-3-9(10,11)12/h3-4H2,1-2H3. The normalized spacial score (nSPS) is 11.2. The molecule has 0 radical (unpaired) electrons. The molecule has 0 aliphatic heterocycles. The van der Waals surface area contributed by atoms with Crippen molar-refractivity contribution in [1.29, 1.82) is 5.26 Å². The minimum atomic E-state index is -4.26. The first-order valence-corrected chi connectivity index (χ1v) is 4.48. The molecule has 1 aromatic rings. The first-order chi connectivity index (χ1) is 7.35. The summed E-state index contributed by atoms with van der Waals surface area (Å²) in [6.45, 7) is 1.08. The zero-order chi connectivity index (χ0) is 12.3. The molecule has 0 aromatic carbocycles. The van der Waals surface area contributed by atoms with E-state index in [9.17, 15) is 13.2 Å². The average molecular weight is 233 g/mol. The molecular weight excluding hydrogens is 223 g/mol. The van der Waals surface area contributed by atoms with Gasteiger partial charge in [0.2, 0.25) is 5.88 Å². The smallest absolute Gasteiger partial charge is 0.392 e. The van der Waals surface area contributed by atoms with Crippen molar-refractivity contribution < 1.29 is 17.9 Å². The molecule has 1 rings (SSSR count). The van der Waals surface area contributed by atoms with Crippen LogP contribution in [0.4, 0.5) is 13.2 Å². The third kappa shape index (κ3) is 2.89. The van der Waals surface area contributed by atoms with Crippen molar-refractivity contribution in [2.24, 2.45) is 7.05 Å². The first kappa shape index (κ1) is 12.4. The summed E-state index contributed by atoms with van der Waals surface area (Å²) in [5.74, 6) is 0.0734. The van der Waals surface area contributed by atoms with Gasteiger partial charge < -0.3 is 4.74 Å². The third-order valence-corrected chi connectivity index (χ3v) is 1.91. The fourth-order valence-corrected chi connectivity index (χ4v) is 1.19. The van der Waals surface area contributed by atoms with Gasteiger partial charge in [0.15, 0.2) is 0 Å². The van der Waals surface area contributed by atoms with Gasteiger partial charge in [0.05, 0.1) is 18.7 Å². The van der Waals surface area contributed by atoms with Gasteiger partial charge in [0.1, 0.15) is 11.6 Å². The summed E-state index contributed by atoms with van der Waals surface area (Å²) in [4.78, 5) is 0. The number of nitrogens with zero attached hydrogens (tertiary/aromatic N) is 3. The number of rotatable bonds is 3. The number of hydrogen-bond donors (Lipinski definition) is 0. The van der Waals surface area contributed by atoms with Crippen LogP contribution in [0.25, 0.3) is 0 Å². The van der Waals surface area contributed by atoms with E-state index in [0.717, 1.165) is 0 Å². The van der Waals surface area contributed by atoms with Crippen LogP contribution >= 0.6 is 0 Å². The topological polar surface area (TPSA) is 50.8 Å². The van der Waals surface area contributed by atoms with Crippen molar-refractivity contribution in [3.05, 3.63) is 11.3 Å². The van der Waals surface area contributed by atoms with E-state index >= 15 is 0 Å². The second kappa shape index (κ2) is 4.43. The first-order valence-electron chi connectivity index (χ1n) is 4.48. The highest BCUT2D eigenvalue weighted by atomic mass is 19.4. The fraction of sp³-hybridized carbons (Fsp3) is 0.556. The summed E-state index contributed by atoms with van der Waals surface area (Å²) in [7, 11) is 1.51. The Morgan fingerprint density at radius 3 is 2.62 bits per heavy atom. The zero-order valence-electron chi connectivity index (χ0n) is 8.80. The molecule has 88 valence electrons. The van der Waals surface area contributed by atoms with Crippen molar-refractivity contribution >= 4 is 0 Å². The summed E-state index contributed by atoms with van der Waals surface area (Å²) < 4.78 is 41.8. The Balaban J connectivity index is 2.71. The maximum Gasteiger partial charge on any atom is 0.392 e. The molecule has 16 heavy (non-hydrogen) atoms. The Labute approximate surface area is 90.2 Å². The maximum atomic E-state index is 11.9. The summed E-state index contributed by atoms with van der Waals surface area (Å²) in [5, 5.41) is 12.7. The largest absolute Gasteiger partial charge is 0.477 e. The van der Waals surface area contributed by atoms with E-state index in [0.29, 0.717) is 5.69 Å². The summed E-state index contributed by atoms with van der Waals surface area (Å²) in [6.07, 6.45) is -5.32. The lowest BCUT2D eigenvalue weighted by Crippen LogP contribution is -2.14. The van der Waals surface area contributed by atoms with Crippen LogP contribution in [0.3, 0.4) is 0 Å². The molecule has 0 spiro atoms. The van der Waals surface area contributed by atoms with Crippen LogP contribution < -0.4 is 4.74 Å². The van der Waals surface area contributed by atoms with Crippen LogP contribution in [0, 0.1) is 18.3 Å². The molecule has 0 aliphatic carbocycles.